The Morgan fingerprint density at radius 2 is 1.95 bits per heavy atom. The Morgan fingerprint density at radius 3 is 2.48 bits per heavy atom. The molecule has 2 rings (SSSR count). The van der Waals surface area contributed by atoms with Crippen molar-refractivity contribution in [3.05, 3.63) is 34.1 Å². The van der Waals surface area contributed by atoms with Crippen LogP contribution in [0.1, 0.15) is 37.7 Å². The molecule has 0 aromatic heterocycles. The second-order valence-corrected chi connectivity index (χ2v) is 7.19. The van der Waals surface area contributed by atoms with Crippen LogP contribution >= 0.6 is 15.9 Å². The third-order valence-electron chi connectivity index (χ3n) is 5.05. The van der Waals surface area contributed by atoms with Crippen molar-refractivity contribution in [2.24, 2.45) is 0 Å². The van der Waals surface area contributed by atoms with Crippen LogP contribution in [0, 0.1) is 5.82 Å². The summed E-state index contributed by atoms with van der Waals surface area (Å²) in [6, 6.07) is 5.38. The molecule has 1 aromatic rings. The Balaban J connectivity index is 2.24. The van der Waals surface area contributed by atoms with Crippen LogP contribution in [0.25, 0.3) is 0 Å². The molecule has 1 unspecified atom stereocenters. The second-order valence-electron chi connectivity index (χ2n) is 6.34. The van der Waals surface area contributed by atoms with Crippen LogP contribution in [0.2, 0.25) is 0 Å². The normalized spacial score (nSPS) is 19.7. The summed E-state index contributed by atoms with van der Waals surface area (Å²) in [5, 5.41) is 3.53. The fourth-order valence-corrected chi connectivity index (χ4v) is 4.25. The van der Waals surface area contributed by atoms with E-state index in [0.29, 0.717) is 6.04 Å². The summed E-state index contributed by atoms with van der Waals surface area (Å²) >= 11 is 3.50. The van der Waals surface area contributed by atoms with Crippen LogP contribution in [0.3, 0.4) is 0 Å². The van der Waals surface area contributed by atoms with Crippen molar-refractivity contribution in [2.75, 3.05) is 21.1 Å². The van der Waals surface area contributed by atoms with E-state index in [9.17, 15) is 4.39 Å². The van der Waals surface area contributed by atoms with E-state index in [1.165, 1.54) is 37.7 Å². The third-order valence-corrected chi connectivity index (χ3v) is 5.78. The molecular formula is C17H26BrFN2. The molecule has 1 atom stereocenters. The number of halogens is 2. The predicted molar refractivity (Wildman–Crippen MR) is 90.2 cm³/mol. The zero-order valence-electron chi connectivity index (χ0n) is 13.3. The van der Waals surface area contributed by atoms with Gasteiger partial charge in [0, 0.05) is 16.1 Å². The van der Waals surface area contributed by atoms with Gasteiger partial charge in [0.2, 0.25) is 0 Å². The van der Waals surface area contributed by atoms with Gasteiger partial charge in [-0.2, -0.15) is 0 Å². The van der Waals surface area contributed by atoms with Gasteiger partial charge in [0.1, 0.15) is 5.82 Å². The zero-order valence-corrected chi connectivity index (χ0v) is 14.8. The first-order chi connectivity index (χ1) is 9.99. The summed E-state index contributed by atoms with van der Waals surface area (Å²) in [5.41, 5.74) is 1.36. The van der Waals surface area contributed by atoms with Gasteiger partial charge in [0.25, 0.3) is 0 Å². The van der Waals surface area contributed by atoms with Crippen LogP contribution in [0.15, 0.2) is 22.7 Å². The van der Waals surface area contributed by atoms with E-state index in [1.54, 1.807) is 12.1 Å². The zero-order chi connectivity index (χ0) is 15.5. The molecule has 1 fully saturated rings. The van der Waals surface area contributed by atoms with Crippen molar-refractivity contribution in [1.82, 2.24) is 10.2 Å². The second kappa shape index (κ2) is 7.21. The molecule has 0 bridgehead atoms. The maximum atomic E-state index is 13.3. The number of hydrogen-bond acceptors (Lipinski definition) is 2. The summed E-state index contributed by atoms with van der Waals surface area (Å²) in [4.78, 5) is 2.39. The van der Waals surface area contributed by atoms with Crippen molar-refractivity contribution in [1.29, 1.82) is 0 Å². The average Bonchev–Trinajstić information content (AvgIpc) is 2.47. The van der Waals surface area contributed by atoms with Crippen LogP contribution in [-0.4, -0.2) is 37.6 Å². The Bertz CT molecular complexity index is 470. The largest absolute Gasteiger partial charge is 0.315 e. The lowest BCUT2D eigenvalue weighted by Gasteiger charge is -2.48. The van der Waals surface area contributed by atoms with Gasteiger partial charge in [-0.25, -0.2) is 4.39 Å². The highest BCUT2D eigenvalue weighted by atomic mass is 79.9. The molecule has 1 aromatic carbocycles. The van der Waals surface area contributed by atoms with Crippen molar-refractivity contribution >= 4 is 15.9 Å². The molecule has 0 radical (unpaired) electrons. The molecule has 0 spiro atoms. The summed E-state index contributed by atoms with van der Waals surface area (Å²) in [7, 11) is 6.42. The minimum absolute atomic E-state index is 0.188. The van der Waals surface area contributed by atoms with Crippen molar-refractivity contribution in [2.45, 2.75) is 50.1 Å². The van der Waals surface area contributed by atoms with Crippen molar-refractivity contribution in [3.63, 3.8) is 0 Å². The first kappa shape index (κ1) is 16.9. The maximum Gasteiger partial charge on any atom is 0.124 e. The summed E-state index contributed by atoms with van der Waals surface area (Å²) in [5.74, 6) is -0.188. The third kappa shape index (κ3) is 3.66. The number of hydrogen-bond donors (Lipinski definition) is 1. The predicted octanol–water partition coefficient (Wildman–Crippen LogP) is 3.98. The van der Waals surface area contributed by atoms with Gasteiger partial charge in [-0.15, -0.1) is 0 Å². The first-order valence-corrected chi connectivity index (χ1v) is 8.57. The lowest BCUT2D eigenvalue weighted by molar-refractivity contribution is 0.0598. The van der Waals surface area contributed by atoms with Crippen LogP contribution in [0.4, 0.5) is 4.39 Å². The SMILES string of the molecule is CNC(Cc1ccc(F)cc1Br)C1(N(C)C)CCCCC1. The summed E-state index contributed by atoms with van der Waals surface area (Å²) in [6.07, 6.45) is 7.29. The summed E-state index contributed by atoms with van der Waals surface area (Å²) < 4.78 is 14.1. The molecule has 0 heterocycles. The topological polar surface area (TPSA) is 15.3 Å². The molecule has 1 N–H and O–H groups in total. The Hall–Kier alpha value is -0.450. The van der Waals surface area contributed by atoms with E-state index < -0.39 is 0 Å². The van der Waals surface area contributed by atoms with Crippen molar-refractivity contribution < 1.29 is 4.39 Å². The Labute approximate surface area is 136 Å². The van der Waals surface area contributed by atoms with Gasteiger partial charge in [0.05, 0.1) is 0 Å². The minimum atomic E-state index is -0.188. The molecule has 0 saturated heterocycles. The standard InChI is InChI=1S/C17H26BrFN2/c1-20-16(11-13-7-8-14(19)12-15(13)18)17(21(2)3)9-5-4-6-10-17/h7-8,12,16,20H,4-6,9-11H2,1-3H3. The van der Waals surface area contributed by atoms with E-state index in [2.05, 4.69) is 40.2 Å². The van der Waals surface area contributed by atoms with E-state index >= 15 is 0 Å². The molecule has 2 nitrogen and oxygen atoms in total. The minimum Gasteiger partial charge on any atom is -0.315 e. The molecule has 4 heteroatoms. The lowest BCUT2D eigenvalue weighted by Crippen LogP contribution is -2.60. The van der Waals surface area contributed by atoms with Crippen LogP contribution in [0.5, 0.6) is 0 Å². The van der Waals surface area contributed by atoms with Gasteiger partial charge >= 0.3 is 0 Å². The highest BCUT2D eigenvalue weighted by Crippen LogP contribution is 2.37. The highest BCUT2D eigenvalue weighted by molar-refractivity contribution is 9.10. The van der Waals surface area contributed by atoms with Gasteiger partial charge < -0.3 is 10.2 Å². The lowest BCUT2D eigenvalue weighted by atomic mass is 9.73. The molecule has 0 aliphatic heterocycles. The van der Waals surface area contributed by atoms with E-state index in [1.807, 2.05) is 13.1 Å². The molecule has 0 amide bonds. The Morgan fingerprint density at radius 1 is 1.29 bits per heavy atom. The molecule has 118 valence electrons. The average molecular weight is 357 g/mol. The number of nitrogens with zero attached hydrogens (tertiary/aromatic N) is 1. The monoisotopic (exact) mass is 356 g/mol. The van der Waals surface area contributed by atoms with E-state index in [0.717, 1.165) is 10.9 Å². The molecule has 1 aliphatic rings. The number of rotatable bonds is 5. The molecular weight excluding hydrogens is 331 g/mol. The molecule has 21 heavy (non-hydrogen) atoms. The smallest absolute Gasteiger partial charge is 0.124 e. The van der Waals surface area contributed by atoms with Gasteiger partial charge in [-0.3, -0.25) is 0 Å². The van der Waals surface area contributed by atoms with Gasteiger partial charge in [-0.05, 0) is 58.1 Å². The number of likely N-dealkylation sites (N-methyl/N-ethyl adjacent to an activating group) is 2. The fourth-order valence-electron chi connectivity index (χ4n) is 3.74. The fraction of sp³-hybridized carbons (Fsp3) is 0.647. The number of nitrogens with one attached hydrogen (secondary N) is 1. The summed E-state index contributed by atoms with van der Waals surface area (Å²) in [6.45, 7) is 0. The molecule has 1 saturated carbocycles. The van der Waals surface area contributed by atoms with E-state index in [4.69, 9.17) is 0 Å². The quantitative estimate of drug-likeness (QED) is 0.858. The molecule has 1 aliphatic carbocycles. The Kier molecular flexibility index (Phi) is 5.81. The van der Waals surface area contributed by atoms with Crippen molar-refractivity contribution in [3.8, 4) is 0 Å². The number of benzene rings is 1. The van der Waals surface area contributed by atoms with E-state index in [-0.39, 0.29) is 11.4 Å². The highest BCUT2D eigenvalue weighted by Gasteiger charge is 2.41. The first-order valence-electron chi connectivity index (χ1n) is 7.78. The maximum absolute atomic E-state index is 13.3. The van der Waals surface area contributed by atoms with Gasteiger partial charge in [0.15, 0.2) is 0 Å². The van der Waals surface area contributed by atoms with Gasteiger partial charge in [-0.1, -0.05) is 41.3 Å². The van der Waals surface area contributed by atoms with Crippen LogP contribution in [-0.2, 0) is 6.42 Å². The van der Waals surface area contributed by atoms with Crippen LogP contribution < -0.4 is 5.32 Å².